The van der Waals surface area contributed by atoms with Gasteiger partial charge in [-0.3, -0.25) is 9.78 Å². The molecule has 0 unspecified atom stereocenters. The molecule has 26 heavy (non-hydrogen) atoms. The normalized spacial score (nSPS) is 11.2. The van der Waals surface area contributed by atoms with Gasteiger partial charge < -0.3 is 4.57 Å². The van der Waals surface area contributed by atoms with Gasteiger partial charge in [0.05, 0.1) is 18.7 Å². The first-order valence-electron chi connectivity index (χ1n) is 7.58. The molecule has 0 radical (unpaired) electrons. The summed E-state index contributed by atoms with van der Waals surface area (Å²) in [5.41, 5.74) is -1.94. The third kappa shape index (κ3) is 3.35. The zero-order chi connectivity index (χ0) is 18.7. The van der Waals surface area contributed by atoms with Gasteiger partial charge in [0.1, 0.15) is 0 Å². The fourth-order valence-electron chi connectivity index (χ4n) is 2.64. The fourth-order valence-corrected chi connectivity index (χ4v) is 2.64. The highest BCUT2D eigenvalue weighted by Crippen LogP contribution is 2.37. The van der Waals surface area contributed by atoms with Crippen molar-refractivity contribution in [2.75, 3.05) is 0 Å². The Bertz CT molecular complexity index is 1020. The van der Waals surface area contributed by atoms with Crippen molar-refractivity contribution in [2.24, 2.45) is 0 Å². The Hall–Kier alpha value is -3.40. The van der Waals surface area contributed by atoms with E-state index in [1.165, 1.54) is 10.8 Å². The van der Waals surface area contributed by atoms with Gasteiger partial charge in [-0.05, 0) is 23.3 Å². The van der Waals surface area contributed by atoms with E-state index in [0.717, 1.165) is 6.07 Å². The second kappa shape index (κ2) is 6.84. The van der Waals surface area contributed by atoms with Crippen LogP contribution in [0.3, 0.4) is 0 Å². The molecular formula is C19H12F3N3O. The number of rotatable bonds is 3. The van der Waals surface area contributed by atoms with Crippen molar-refractivity contribution in [3.05, 3.63) is 93.8 Å². The van der Waals surface area contributed by atoms with Crippen molar-refractivity contribution in [1.82, 2.24) is 9.55 Å². The van der Waals surface area contributed by atoms with E-state index in [9.17, 15) is 18.0 Å². The molecule has 0 saturated carbocycles. The van der Waals surface area contributed by atoms with E-state index in [1.807, 2.05) is 0 Å². The Morgan fingerprint density at radius 2 is 1.85 bits per heavy atom. The number of hydrogen-bond donors (Lipinski definition) is 0. The van der Waals surface area contributed by atoms with E-state index >= 15 is 0 Å². The third-order valence-corrected chi connectivity index (χ3v) is 3.82. The number of pyridine rings is 2. The molecule has 0 aliphatic rings. The smallest absolute Gasteiger partial charge is 0.313 e. The molecule has 0 fully saturated rings. The minimum atomic E-state index is -4.80. The van der Waals surface area contributed by atoms with Crippen LogP contribution in [0.5, 0.6) is 0 Å². The summed E-state index contributed by atoms with van der Waals surface area (Å²) in [4.78, 5) is 19.5. The summed E-state index contributed by atoms with van der Waals surface area (Å²) in [5, 5.41) is 0. The Kier molecular flexibility index (Phi) is 4.59. The maximum atomic E-state index is 13.4. The van der Waals surface area contributed by atoms with Crippen LogP contribution < -0.4 is 5.56 Å². The van der Waals surface area contributed by atoms with Crippen molar-refractivity contribution in [2.45, 2.75) is 12.7 Å². The third-order valence-electron chi connectivity index (χ3n) is 3.82. The molecule has 130 valence electrons. The lowest BCUT2D eigenvalue weighted by Crippen LogP contribution is -2.25. The van der Waals surface area contributed by atoms with Crippen molar-refractivity contribution in [3.8, 4) is 11.3 Å². The Labute approximate surface area is 147 Å². The van der Waals surface area contributed by atoms with Crippen LogP contribution in [-0.4, -0.2) is 9.55 Å². The first-order chi connectivity index (χ1) is 12.4. The van der Waals surface area contributed by atoms with Crippen LogP contribution in [-0.2, 0) is 12.7 Å². The quantitative estimate of drug-likeness (QED) is 0.648. The van der Waals surface area contributed by atoms with E-state index in [1.54, 1.807) is 48.7 Å². The average Bonchev–Trinajstić information content (AvgIpc) is 2.63. The van der Waals surface area contributed by atoms with Crippen LogP contribution >= 0.6 is 0 Å². The van der Waals surface area contributed by atoms with Gasteiger partial charge in [-0.15, -0.1) is 0 Å². The second-order valence-corrected chi connectivity index (χ2v) is 5.52. The molecule has 0 atom stereocenters. The summed E-state index contributed by atoms with van der Waals surface area (Å²) in [6.07, 6.45) is -1.71. The lowest BCUT2D eigenvalue weighted by molar-refractivity contribution is -0.136. The summed E-state index contributed by atoms with van der Waals surface area (Å²) in [7, 11) is 0. The molecule has 0 saturated heterocycles. The molecule has 0 bridgehead atoms. The van der Waals surface area contributed by atoms with E-state index < -0.39 is 23.0 Å². The van der Waals surface area contributed by atoms with Gasteiger partial charge in [-0.25, -0.2) is 4.85 Å². The molecule has 0 amide bonds. The summed E-state index contributed by atoms with van der Waals surface area (Å²) in [6.45, 7) is 7.07. The highest BCUT2D eigenvalue weighted by atomic mass is 19.4. The molecule has 1 aromatic carbocycles. The molecule has 2 aromatic heterocycles. The minimum Gasteiger partial charge on any atom is -0.313 e. The Morgan fingerprint density at radius 1 is 1.12 bits per heavy atom. The standard InChI is InChI=1S/C19H12F3N3O/c1-23-17-15(19(20,21)22)10-16(14-7-3-2-4-8-14)25(18(17)26)12-13-6-5-9-24-11-13/h2-11H,12H2. The molecule has 3 rings (SSSR count). The predicted molar refractivity (Wildman–Crippen MR) is 90.7 cm³/mol. The summed E-state index contributed by atoms with van der Waals surface area (Å²) < 4.78 is 41.3. The fraction of sp³-hybridized carbons (Fsp3) is 0.105. The predicted octanol–water partition coefficient (Wildman–Crippen LogP) is 4.53. The zero-order valence-corrected chi connectivity index (χ0v) is 13.4. The van der Waals surface area contributed by atoms with E-state index in [0.29, 0.717) is 11.1 Å². The molecule has 4 nitrogen and oxygen atoms in total. The molecule has 3 aromatic rings. The molecule has 0 aliphatic carbocycles. The highest BCUT2D eigenvalue weighted by Gasteiger charge is 2.36. The monoisotopic (exact) mass is 355 g/mol. The van der Waals surface area contributed by atoms with E-state index in [4.69, 9.17) is 6.57 Å². The van der Waals surface area contributed by atoms with Gasteiger partial charge in [0.25, 0.3) is 11.2 Å². The van der Waals surface area contributed by atoms with Crippen LogP contribution in [0.15, 0.2) is 65.7 Å². The molecular weight excluding hydrogens is 343 g/mol. The zero-order valence-electron chi connectivity index (χ0n) is 13.4. The lowest BCUT2D eigenvalue weighted by atomic mass is 10.1. The summed E-state index contributed by atoms with van der Waals surface area (Å²) >= 11 is 0. The van der Waals surface area contributed by atoms with Crippen LogP contribution in [0.1, 0.15) is 11.1 Å². The lowest BCUT2D eigenvalue weighted by Gasteiger charge is -2.18. The average molecular weight is 355 g/mol. The van der Waals surface area contributed by atoms with Crippen LogP contribution in [0.25, 0.3) is 16.1 Å². The molecule has 0 aliphatic heterocycles. The van der Waals surface area contributed by atoms with Gasteiger partial charge >= 0.3 is 6.18 Å². The van der Waals surface area contributed by atoms with Gasteiger partial charge in [-0.1, -0.05) is 36.4 Å². The second-order valence-electron chi connectivity index (χ2n) is 5.52. The number of nitrogens with zero attached hydrogens (tertiary/aromatic N) is 3. The van der Waals surface area contributed by atoms with Crippen molar-refractivity contribution in [1.29, 1.82) is 0 Å². The van der Waals surface area contributed by atoms with Gasteiger partial charge in [0, 0.05) is 18.1 Å². The Balaban J connectivity index is 2.31. The molecule has 0 N–H and O–H groups in total. The van der Waals surface area contributed by atoms with Crippen molar-refractivity contribution in [3.63, 3.8) is 0 Å². The van der Waals surface area contributed by atoms with Crippen LogP contribution in [0.2, 0.25) is 0 Å². The van der Waals surface area contributed by atoms with Gasteiger partial charge in [0.15, 0.2) is 0 Å². The maximum Gasteiger partial charge on any atom is 0.407 e. The van der Waals surface area contributed by atoms with Crippen LogP contribution in [0.4, 0.5) is 18.9 Å². The topological polar surface area (TPSA) is 39.2 Å². The van der Waals surface area contributed by atoms with E-state index in [2.05, 4.69) is 9.83 Å². The number of alkyl halides is 3. The minimum absolute atomic E-state index is 0.0115. The SMILES string of the molecule is [C-]#[N+]c1c(C(F)(F)F)cc(-c2ccccc2)n(Cc2cccnc2)c1=O. The Morgan fingerprint density at radius 3 is 2.42 bits per heavy atom. The summed E-state index contributed by atoms with van der Waals surface area (Å²) in [5.74, 6) is 0. The first kappa shape index (κ1) is 17.4. The molecule has 0 spiro atoms. The number of aromatic nitrogens is 2. The van der Waals surface area contributed by atoms with Gasteiger partial charge in [-0.2, -0.15) is 13.2 Å². The van der Waals surface area contributed by atoms with Gasteiger partial charge in [0.2, 0.25) is 0 Å². The largest absolute Gasteiger partial charge is 0.407 e. The molecule has 2 heterocycles. The summed E-state index contributed by atoms with van der Waals surface area (Å²) in [6, 6.07) is 12.5. The maximum absolute atomic E-state index is 13.4. The molecule has 7 heteroatoms. The van der Waals surface area contributed by atoms with Crippen molar-refractivity contribution < 1.29 is 13.2 Å². The number of hydrogen-bond acceptors (Lipinski definition) is 2. The van der Waals surface area contributed by atoms with E-state index in [-0.39, 0.29) is 12.2 Å². The number of benzene rings is 1. The van der Waals surface area contributed by atoms with Crippen molar-refractivity contribution >= 4 is 5.69 Å². The highest BCUT2D eigenvalue weighted by molar-refractivity contribution is 5.66. The first-order valence-corrected chi connectivity index (χ1v) is 7.58. The van der Waals surface area contributed by atoms with Crippen LogP contribution in [0, 0.1) is 6.57 Å². The number of halogens is 3.